The Kier molecular flexibility index (Phi) is 6.40. The maximum atomic E-state index is 10.5. The minimum absolute atomic E-state index is 0.378. The minimum atomic E-state index is -0.541. The number of hydrogen-bond donors (Lipinski definition) is 0. The predicted molar refractivity (Wildman–Crippen MR) is 37.8 cm³/mol. The van der Waals surface area contributed by atoms with Crippen molar-refractivity contribution < 1.29 is 13.9 Å². The Balaban J connectivity index is 3.13. The van der Waals surface area contributed by atoms with E-state index in [0.717, 1.165) is 19.3 Å². The van der Waals surface area contributed by atoms with E-state index in [1.165, 1.54) is 0 Å². The molecule has 58 valence electrons. The SMILES string of the molecule is CCCCCC(=O)OP=O. The van der Waals surface area contributed by atoms with Gasteiger partial charge in [-0.25, -0.2) is 4.57 Å². The van der Waals surface area contributed by atoms with Crippen molar-refractivity contribution in [1.29, 1.82) is 0 Å². The molecular formula is C6H11O3P. The normalized spacial score (nSPS) is 9.70. The van der Waals surface area contributed by atoms with Crippen LogP contribution in [-0.4, -0.2) is 5.97 Å². The van der Waals surface area contributed by atoms with E-state index in [2.05, 4.69) is 11.4 Å². The molecule has 0 aliphatic carbocycles. The largest absolute Gasteiger partial charge is 0.398 e. The molecule has 0 aromatic rings. The van der Waals surface area contributed by atoms with Gasteiger partial charge in [-0.1, -0.05) is 19.8 Å². The lowest BCUT2D eigenvalue weighted by Crippen LogP contribution is -1.95. The molecule has 0 N–H and O–H groups in total. The highest BCUT2D eigenvalue weighted by atomic mass is 31.1. The van der Waals surface area contributed by atoms with Crippen molar-refractivity contribution >= 4 is 14.7 Å². The molecule has 10 heavy (non-hydrogen) atoms. The predicted octanol–water partition coefficient (Wildman–Crippen LogP) is 2.32. The molecule has 0 aromatic carbocycles. The van der Waals surface area contributed by atoms with Gasteiger partial charge in [0.05, 0.1) is 0 Å². The summed E-state index contributed by atoms with van der Waals surface area (Å²) >= 11 is 0. The van der Waals surface area contributed by atoms with Crippen molar-refractivity contribution in [2.24, 2.45) is 0 Å². The highest BCUT2D eigenvalue weighted by Crippen LogP contribution is 2.04. The summed E-state index contributed by atoms with van der Waals surface area (Å²) in [7, 11) is -0.541. The maximum Gasteiger partial charge on any atom is 0.398 e. The Morgan fingerprint density at radius 3 is 2.70 bits per heavy atom. The van der Waals surface area contributed by atoms with Crippen molar-refractivity contribution in [3.8, 4) is 0 Å². The van der Waals surface area contributed by atoms with Gasteiger partial charge in [-0.05, 0) is 6.42 Å². The number of hydrogen-bond acceptors (Lipinski definition) is 3. The van der Waals surface area contributed by atoms with Crippen LogP contribution in [0, 0.1) is 0 Å². The highest BCUT2D eigenvalue weighted by molar-refractivity contribution is 7.18. The van der Waals surface area contributed by atoms with E-state index in [-0.39, 0.29) is 5.97 Å². The second-order valence-corrected chi connectivity index (χ2v) is 2.33. The zero-order chi connectivity index (χ0) is 7.82. The van der Waals surface area contributed by atoms with Gasteiger partial charge < -0.3 is 4.52 Å². The van der Waals surface area contributed by atoms with E-state index in [1.807, 2.05) is 0 Å². The molecule has 0 fully saturated rings. The van der Waals surface area contributed by atoms with E-state index in [1.54, 1.807) is 0 Å². The van der Waals surface area contributed by atoms with Crippen molar-refractivity contribution in [1.82, 2.24) is 0 Å². The molecule has 0 heterocycles. The van der Waals surface area contributed by atoms with E-state index < -0.39 is 8.69 Å². The molecule has 3 nitrogen and oxygen atoms in total. The second-order valence-electron chi connectivity index (χ2n) is 1.99. The summed E-state index contributed by atoms with van der Waals surface area (Å²) in [5, 5.41) is 0. The topological polar surface area (TPSA) is 43.4 Å². The van der Waals surface area contributed by atoms with Gasteiger partial charge in [-0.3, -0.25) is 4.79 Å². The van der Waals surface area contributed by atoms with Gasteiger partial charge in [0.1, 0.15) is 0 Å². The Bertz CT molecular complexity index is 114. The summed E-state index contributed by atoms with van der Waals surface area (Å²) in [5.41, 5.74) is 0. The van der Waals surface area contributed by atoms with E-state index in [9.17, 15) is 9.36 Å². The summed E-state index contributed by atoms with van der Waals surface area (Å²) < 4.78 is 13.9. The molecule has 0 spiro atoms. The Morgan fingerprint density at radius 1 is 1.50 bits per heavy atom. The first kappa shape index (κ1) is 9.57. The quantitative estimate of drug-likeness (QED) is 0.460. The Morgan fingerprint density at radius 2 is 2.20 bits per heavy atom. The van der Waals surface area contributed by atoms with Crippen molar-refractivity contribution in [2.75, 3.05) is 0 Å². The second kappa shape index (κ2) is 6.69. The molecule has 4 heteroatoms. The van der Waals surface area contributed by atoms with Gasteiger partial charge >= 0.3 is 14.7 Å². The fourth-order valence-corrected chi connectivity index (χ4v) is 0.781. The molecule has 0 unspecified atom stereocenters. The minimum Gasteiger partial charge on any atom is -0.373 e. The third-order valence-electron chi connectivity index (χ3n) is 1.12. The van der Waals surface area contributed by atoms with Crippen LogP contribution in [0.15, 0.2) is 0 Å². The fraction of sp³-hybridized carbons (Fsp3) is 0.833. The van der Waals surface area contributed by atoms with Crippen LogP contribution in [0.3, 0.4) is 0 Å². The highest BCUT2D eigenvalue weighted by Gasteiger charge is 2.00. The van der Waals surface area contributed by atoms with Gasteiger partial charge in [0, 0.05) is 6.42 Å². The molecule has 0 aliphatic rings. The van der Waals surface area contributed by atoms with Gasteiger partial charge in [-0.2, -0.15) is 0 Å². The summed E-state index contributed by atoms with van der Waals surface area (Å²) in [6.07, 6.45) is 3.29. The molecule has 0 aromatic heterocycles. The van der Waals surface area contributed by atoms with Crippen LogP contribution >= 0.6 is 8.69 Å². The molecule has 0 radical (unpaired) electrons. The molecule has 0 atom stereocenters. The first-order valence-electron chi connectivity index (χ1n) is 3.33. The summed E-state index contributed by atoms with van der Waals surface area (Å²) in [6, 6.07) is 0. The average molecular weight is 162 g/mol. The Hall–Kier alpha value is -0.430. The smallest absolute Gasteiger partial charge is 0.373 e. The van der Waals surface area contributed by atoms with Crippen LogP contribution in [0.4, 0.5) is 0 Å². The number of unbranched alkanes of at least 4 members (excludes halogenated alkanes) is 2. The van der Waals surface area contributed by atoms with Gasteiger partial charge in [0.25, 0.3) is 0 Å². The first-order valence-corrected chi connectivity index (χ1v) is 4.06. The average Bonchev–Trinajstić information content (AvgIpc) is 1.89. The number of rotatable bonds is 5. The lowest BCUT2D eigenvalue weighted by molar-refractivity contribution is -0.133. The number of carbonyl (C=O) groups excluding carboxylic acids is 1. The standard InChI is InChI=1S/C6H11O3P/c1-2-3-4-5-6(7)9-10-8/h2-5H2,1H3. The van der Waals surface area contributed by atoms with Crippen LogP contribution < -0.4 is 0 Å². The van der Waals surface area contributed by atoms with Crippen LogP contribution in [0.5, 0.6) is 0 Å². The molecule has 0 aliphatic heterocycles. The van der Waals surface area contributed by atoms with Gasteiger partial charge in [-0.15, -0.1) is 0 Å². The van der Waals surface area contributed by atoms with Crippen molar-refractivity contribution in [3.63, 3.8) is 0 Å². The monoisotopic (exact) mass is 162 g/mol. The molecular weight excluding hydrogens is 151 g/mol. The maximum absolute atomic E-state index is 10.5. The first-order chi connectivity index (χ1) is 4.81. The third-order valence-corrected chi connectivity index (χ3v) is 1.40. The van der Waals surface area contributed by atoms with E-state index >= 15 is 0 Å². The number of carbonyl (C=O) groups is 1. The Labute approximate surface area is 62.0 Å². The van der Waals surface area contributed by atoms with Crippen molar-refractivity contribution in [2.45, 2.75) is 32.6 Å². The fourth-order valence-electron chi connectivity index (χ4n) is 0.607. The molecule has 0 bridgehead atoms. The third kappa shape index (κ3) is 5.70. The lowest BCUT2D eigenvalue weighted by Gasteiger charge is -1.93. The zero-order valence-electron chi connectivity index (χ0n) is 6.00. The van der Waals surface area contributed by atoms with E-state index in [0.29, 0.717) is 6.42 Å². The summed E-state index contributed by atoms with van der Waals surface area (Å²) in [4.78, 5) is 10.5. The zero-order valence-corrected chi connectivity index (χ0v) is 6.89. The summed E-state index contributed by atoms with van der Waals surface area (Å²) in [5.74, 6) is -0.384. The summed E-state index contributed by atoms with van der Waals surface area (Å²) in [6.45, 7) is 2.05. The van der Waals surface area contributed by atoms with Gasteiger partial charge in [0.15, 0.2) is 0 Å². The lowest BCUT2D eigenvalue weighted by atomic mass is 10.2. The van der Waals surface area contributed by atoms with Gasteiger partial charge in [0.2, 0.25) is 0 Å². The molecule has 0 saturated heterocycles. The van der Waals surface area contributed by atoms with Crippen LogP contribution in [0.2, 0.25) is 0 Å². The van der Waals surface area contributed by atoms with Crippen LogP contribution in [0.25, 0.3) is 0 Å². The molecule has 0 saturated carbocycles. The molecule has 0 amide bonds. The van der Waals surface area contributed by atoms with Crippen molar-refractivity contribution in [3.05, 3.63) is 0 Å². The van der Waals surface area contributed by atoms with Crippen LogP contribution in [0.1, 0.15) is 32.6 Å². The van der Waals surface area contributed by atoms with Crippen LogP contribution in [-0.2, 0) is 13.9 Å². The molecule has 0 rings (SSSR count). The van der Waals surface area contributed by atoms with E-state index in [4.69, 9.17) is 0 Å².